The van der Waals surface area contributed by atoms with Crippen LogP contribution in [0.25, 0.3) is 6.08 Å². The molecule has 0 heterocycles. The summed E-state index contributed by atoms with van der Waals surface area (Å²) in [6.07, 6.45) is 14.7. The number of benzene rings is 2. The second-order valence-electron chi connectivity index (χ2n) is 10.2. The Morgan fingerprint density at radius 1 is 0.694 bits per heavy atom. The van der Waals surface area contributed by atoms with Gasteiger partial charge in [0.1, 0.15) is 0 Å². The highest BCUT2D eigenvalue weighted by atomic mass is 19.2. The van der Waals surface area contributed by atoms with Crippen LogP contribution in [-0.2, 0) is 0 Å². The van der Waals surface area contributed by atoms with Crippen molar-refractivity contribution in [2.45, 2.75) is 77.0 Å². The molecule has 2 aliphatic carbocycles. The zero-order chi connectivity index (χ0) is 25.7. The fourth-order valence-electron chi connectivity index (χ4n) is 5.91. The molecule has 0 unspecified atom stereocenters. The van der Waals surface area contributed by atoms with Gasteiger partial charge < -0.3 is 4.74 Å². The minimum Gasteiger partial charge on any atom is -0.491 e. The molecule has 2 fully saturated rings. The largest absolute Gasteiger partial charge is 0.491 e. The smallest absolute Gasteiger partial charge is 0.201 e. The van der Waals surface area contributed by atoms with E-state index in [9.17, 15) is 8.78 Å². The summed E-state index contributed by atoms with van der Waals surface area (Å²) in [5.74, 6) is -2.54. The third-order valence-electron chi connectivity index (χ3n) is 7.95. The normalized spacial score (nSPS) is 25.1. The first-order valence-corrected chi connectivity index (χ1v) is 13.3. The molecule has 0 aliphatic heterocycles. The van der Waals surface area contributed by atoms with Gasteiger partial charge in [0.05, 0.1) is 6.61 Å². The van der Waals surface area contributed by atoms with Crippen molar-refractivity contribution in [1.29, 1.82) is 0 Å². The SMILES string of the molecule is C/C=C/C1CCC(c2ccc(C3CCC(/C=C/c4ccc(OCC)c(F)c4F)CC3)c(F)c2F)CC1. The van der Waals surface area contributed by atoms with Crippen LogP contribution in [0.4, 0.5) is 17.6 Å². The van der Waals surface area contributed by atoms with Crippen molar-refractivity contribution in [2.75, 3.05) is 6.61 Å². The average molecular weight is 501 g/mol. The molecule has 4 rings (SSSR count). The first-order valence-electron chi connectivity index (χ1n) is 13.3. The van der Waals surface area contributed by atoms with E-state index in [1.165, 1.54) is 12.1 Å². The van der Waals surface area contributed by atoms with Gasteiger partial charge in [-0.2, -0.15) is 4.39 Å². The highest BCUT2D eigenvalue weighted by Gasteiger charge is 2.29. The quantitative estimate of drug-likeness (QED) is 0.272. The average Bonchev–Trinajstić information content (AvgIpc) is 2.89. The second kappa shape index (κ2) is 12.1. The first kappa shape index (κ1) is 26.5. The van der Waals surface area contributed by atoms with Gasteiger partial charge in [-0.1, -0.05) is 36.4 Å². The Hall–Kier alpha value is -2.56. The lowest BCUT2D eigenvalue weighted by Gasteiger charge is -2.30. The van der Waals surface area contributed by atoms with E-state index in [2.05, 4.69) is 12.2 Å². The minimum absolute atomic E-state index is 0.0247. The van der Waals surface area contributed by atoms with Crippen LogP contribution in [-0.4, -0.2) is 6.61 Å². The Morgan fingerprint density at radius 3 is 1.72 bits per heavy atom. The maximum absolute atomic E-state index is 15.1. The summed E-state index contributed by atoms with van der Waals surface area (Å²) in [6.45, 7) is 4.00. The summed E-state index contributed by atoms with van der Waals surface area (Å²) < 4.78 is 63.8. The van der Waals surface area contributed by atoms with Gasteiger partial charge in [0.15, 0.2) is 23.2 Å². The number of halogens is 4. The van der Waals surface area contributed by atoms with Gasteiger partial charge in [-0.3, -0.25) is 0 Å². The second-order valence-corrected chi connectivity index (χ2v) is 10.2. The Bertz CT molecular complexity index is 1090. The molecule has 2 aromatic rings. The van der Waals surface area contributed by atoms with Gasteiger partial charge >= 0.3 is 0 Å². The third kappa shape index (κ3) is 5.87. The monoisotopic (exact) mass is 500 g/mol. The Balaban J connectivity index is 1.37. The summed E-state index contributed by atoms with van der Waals surface area (Å²) in [6, 6.07) is 6.56. The number of hydrogen-bond donors (Lipinski definition) is 0. The number of hydrogen-bond acceptors (Lipinski definition) is 1. The molecule has 2 aromatic carbocycles. The topological polar surface area (TPSA) is 9.23 Å². The van der Waals surface area contributed by atoms with Crippen LogP contribution in [0, 0.1) is 35.1 Å². The van der Waals surface area contributed by atoms with Gasteiger partial charge in [-0.25, -0.2) is 13.2 Å². The van der Waals surface area contributed by atoms with E-state index >= 15 is 8.78 Å². The molecule has 0 radical (unpaired) electrons. The molecule has 194 valence electrons. The highest BCUT2D eigenvalue weighted by molar-refractivity contribution is 5.52. The van der Waals surface area contributed by atoms with Crippen LogP contribution < -0.4 is 4.74 Å². The van der Waals surface area contributed by atoms with Gasteiger partial charge in [0.25, 0.3) is 0 Å². The van der Waals surface area contributed by atoms with Gasteiger partial charge in [-0.05, 0) is 112 Å². The molecule has 0 amide bonds. The summed E-state index contributed by atoms with van der Waals surface area (Å²) in [4.78, 5) is 0. The lowest BCUT2D eigenvalue weighted by Crippen LogP contribution is -2.16. The van der Waals surface area contributed by atoms with Crippen molar-refractivity contribution in [3.8, 4) is 5.75 Å². The van der Waals surface area contributed by atoms with Crippen molar-refractivity contribution in [1.82, 2.24) is 0 Å². The molecular weight excluding hydrogens is 464 g/mol. The molecule has 0 N–H and O–H groups in total. The molecule has 0 saturated heterocycles. The standard InChI is InChI=1S/C31H36F4O/c1-3-5-20-6-11-22(12-7-20)25-17-18-26(30(34)29(25)33)23-13-8-21(9-14-23)10-15-24-16-19-27(36-4-2)31(35)28(24)32/h3,5,10,15-23H,4,6-9,11-14H2,1-2H3/b5-3+,15-10+. The molecule has 0 spiro atoms. The summed E-state index contributed by atoms with van der Waals surface area (Å²) in [5.41, 5.74) is 1.18. The van der Waals surface area contributed by atoms with Gasteiger partial charge in [0, 0.05) is 5.56 Å². The van der Waals surface area contributed by atoms with Crippen LogP contribution in [0.2, 0.25) is 0 Å². The number of rotatable bonds is 7. The minimum atomic E-state index is -0.977. The summed E-state index contributed by atoms with van der Waals surface area (Å²) >= 11 is 0. The van der Waals surface area contributed by atoms with Crippen LogP contribution in [0.1, 0.15) is 93.7 Å². The first-order chi connectivity index (χ1) is 17.4. The summed E-state index contributed by atoms with van der Waals surface area (Å²) in [5, 5.41) is 0. The van der Waals surface area contributed by atoms with E-state index < -0.39 is 23.3 Å². The Kier molecular flexibility index (Phi) is 8.92. The number of allylic oxidation sites excluding steroid dienone is 3. The molecule has 5 heteroatoms. The highest BCUT2D eigenvalue weighted by Crippen LogP contribution is 2.42. The fourth-order valence-corrected chi connectivity index (χ4v) is 5.91. The maximum Gasteiger partial charge on any atom is 0.201 e. The lowest BCUT2D eigenvalue weighted by atomic mass is 9.76. The summed E-state index contributed by atoms with van der Waals surface area (Å²) in [7, 11) is 0. The zero-order valence-electron chi connectivity index (χ0n) is 21.2. The van der Waals surface area contributed by atoms with Crippen molar-refractivity contribution in [3.05, 3.63) is 82.5 Å². The number of ether oxygens (including phenoxy) is 1. The van der Waals surface area contributed by atoms with Crippen molar-refractivity contribution in [2.24, 2.45) is 11.8 Å². The van der Waals surface area contributed by atoms with Gasteiger partial charge in [0.2, 0.25) is 5.82 Å². The molecular formula is C31H36F4O. The van der Waals surface area contributed by atoms with Crippen LogP contribution in [0.3, 0.4) is 0 Å². The van der Waals surface area contributed by atoms with Crippen LogP contribution >= 0.6 is 0 Å². The van der Waals surface area contributed by atoms with Crippen LogP contribution in [0.15, 0.2) is 42.5 Å². The van der Waals surface area contributed by atoms with Crippen molar-refractivity contribution in [3.63, 3.8) is 0 Å². The molecule has 36 heavy (non-hydrogen) atoms. The third-order valence-corrected chi connectivity index (χ3v) is 7.95. The Morgan fingerprint density at radius 2 is 1.22 bits per heavy atom. The van der Waals surface area contributed by atoms with Crippen molar-refractivity contribution < 1.29 is 22.3 Å². The van der Waals surface area contributed by atoms with Crippen LogP contribution in [0.5, 0.6) is 5.75 Å². The van der Waals surface area contributed by atoms with E-state index in [-0.39, 0.29) is 35.7 Å². The van der Waals surface area contributed by atoms with E-state index in [0.717, 1.165) is 51.4 Å². The lowest BCUT2D eigenvalue weighted by molar-refractivity contribution is 0.314. The molecule has 2 saturated carbocycles. The van der Waals surface area contributed by atoms with Gasteiger partial charge in [-0.15, -0.1) is 0 Å². The molecule has 1 nitrogen and oxygen atoms in total. The van der Waals surface area contributed by atoms with E-state index in [4.69, 9.17) is 4.74 Å². The van der Waals surface area contributed by atoms with E-state index in [1.807, 2.05) is 19.1 Å². The van der Waals surface area contributed by atoms with Crippen molar-refractivity contribution >= 4 is 6.08 Å². The zero-order valence-corrected chi connectivity index (χ0v) is 21.2. The maximum atomic E-state index is 15.1. The van der Waals surface area contributed by atoms with E-state index in [1.54, 1.807) is 19.1 Å². The fraction of sp³-hybridized carbons (Fsp3) is 0.484. The molecule has 2 aliphatic rings. The molecule has 0 bridgehead atoms. The molecule has 0 atom stereocenters. The predicted molar refractivity (Wildman–Crippen MR) is 137 cm³/mol. The predicted octanol–water partition coefficient (Wildman–Crippen LogP) is 9.48. The molecule has 0 aromatic heterocycles. The Labute approximate surface area is 212 Å². The van der Waals surface area contributed by atoms with E-state index in [0.29, 0.717) is 17.0 Å².